The summed E-state index contributed by atoms with van der Waals surface area (Å²) in [4.78, 5) is 18.9. The first-order chi connectivity index (χ1) is 15.8. The Kier molecular flexibility index (Phi) is 6.18. The van der Waals surface area contributed by atoms with Gasteiger partial charge in [0.15, 0.2) is 9.84 Å². The van der Waals surface area contributed by atoms with Crippen molar-refractivity contribution in [3.05, 3.63) is 48.0 Å². The zero-order valence-electron chi connectivity index (χ0n) is 20.1. The van der Waals surface area contributed by atoms with Crippen LogP contribution >= 0.6 is 0 Å². The molecule has 34 heavy (non-hydrogen) atoms. The van der Waals surface area contributed by atoms with E-state index in [1.54, 1.807) is 4.90 Å². The van der Waals surface area contributed by atoms with E-state index in [0.29, 0.717) is 24.2 Å². The molecule has 0 saturated carbocycles. The molecule has 0 unspecified atom stereocenters. The van der Waals surface area contributed by atoms with Crippen LogP contribution < -0.4 is 0 Å². The van der Waals surface area contributed by atoms with E-state index in [0.717, 1.165) is 42.0 Å². The number of fused-ring (bicyclic) bond motifs is 1. The molecule has 1 amide bonds. The first kappa shape index (κ1) is 24.2. The van der Waals surface area contributed by atoms with Gasteiger partial charge in [0.1, 0.15) is 17.2 Å². The summed E-state index contributed by atoms with van der Waals surface area (Å²) in [6.07, 6.45) is 2.33. The van der Waals surface area contributed by atoms with Crippen LogP contribution in [0.1, 0.15) is 45.4 Å². The van der Waals surface area contributed by atoms with Gasteiger partial charge in [0.25, 0.3) is 0 Å². The second-order valence-corrected chi connectivity index (χ2v) is 11.9. The third kappa shape index (κ3) is 4.94. The smallest absolute Gasteiger partial charge is 0.410 e. The van der Waals surface area contributed by atoms with Crippen LogP contribution in [-0.2, 0) is 21.6 Å². The summed E-state index contributed by atoms with van der Waals surface area (Å²) in [5.41, 5.74) is 2.12. The van der Waals surface area contributed by atoms with Crippen molar-refractivity contribution in [1.82, 2.24) is 14.5 Å². The second kappa shape index (κ2) is 8.69. The van der Waals surface area contributed by atoms with Crippen molar-refractivity contribution >= 4 is 27.0 Å². The number of aryl methyl sites for hydroxylation is 1. The molecule has 1 aromatic heterocycles. The molecule has 0 N–H and O–H groups in total. The molecule has 1 fully saturated rings. The number of ether oxygens (including phenoxy) is 1. The fourth-order valence-electron chi connectivity index (χ4n) is 4.36. The minimum Gasteiger partial charge on any atom is -0.444 e. The number of rotatable bonds is 3. The average Bonchev–Trinajstić information content (AvgIpc) is 3.08. The molecule has 0 bridgehead atoms. The van der Waals surface area contributed by atoms with Crippen molar-refractivity contribution in [2.75, 3.05) is 19.3 Å². The Morgan fingerprint density at radius 2 is 1.79 bits per heavy atom. The SMILES string of the molecule is Cn1c(C2CCN(C(=O)OC(C)(C)C)CC2)nc2cc(-c3ccc(S(C)(=O)=O)cc3F)ccc21. The van der Waals surface area contributed by atoms with Crippen molar-refractivity contribution in [1.29, 1.82) is 0 Å². The van der Waals surface area contributed by atoms with E-state index in [2.05, 4.69) is 4.57 Å². The Balaban J connectivity index is 1.56. The lowest BCUT2D eigenvalue weighted by molar-refractivity contribution is 0.0202. The largest absolute Gasteiger partial charge is 0.444 e. The molecule has 1 aliphatic heterocycles. The van der Waals surface area contributed by atoms with Crippen LogP contribution in [0.15, 0.2) is 41.3 Å². The first-order valence-electron chi connectivity index (χ1n) is 11.3. The van der Waals surface area contributed by atoms with Gasteiger partial charge in [-0.25, -0.2) is 22.6 Å². The fourth-order valence-corrected chi connectivity index (χ4v) is 4.99. The standard InChI is InChI=1S/C25H30FN3O4S/c1-25(2,3)33-24(30)29-12-10-16(11-13-29)23-27-21-14-17(6-9-22(21)28(23)4)19-8-7-18(15-20(19)26)34(5,31)32/h6-9,14-16H,10-13H2,1-5H3. The van der Waals surface area contributed by atoms with Crippen LogP contribution in [0.5, 0.6) is 0 Å². The lowest BCUT2D eigenvalue weighted by Gasteiger charge is -2.33. The molecule has 2 aromatic carbocycles. The summed E-state index contributed by atoms with van der Waals surface area (Å²) in [5.74, 6) is 0.544. The van der Waals surface area contributed by atoms with E-state index in [-0.39, 0.29) is 16.9 Å². The normalized spacial score (nSPS) is 15.6. The number of carbonyl (C=O) groups excluding carboxylic acids is 1. The fraction of sp³-hybridized carbons (Fsp3) is 0.440. The van der Waals surface area contributed by atoms with Crippen LogP contribution in [0.2, 0.25) is 0 Å². The van der Waals surface area contributed by atoms with Gasteiger partial charge < -0.3 is 14.2 Å². The highest BCUT2D eigenvalue weighted by Crippen LogP contribution is 2.33. The number of hydrogen-bond donors (Lipinski definition) is 0. The van der Waals surface area contributed by atoms with Gasteiger partial charge in [0.05, 0.1) is 15.9 Å². The summed E-state index contributed by atoms with van der Waals surface area (Å²) in [6.45, 7) is 6.78. The second-order valence-electron chi connectivity index (χ2n) is 9.89. The maximum Gasteiger partial charge on any atom is 0.410 e. The van der Waals surface area contributed by atoms with Crippen molar-refractivity contribution in [2.45, 2.75) is 50.0 Å². The van der Waals surface area contributed by atoms with E-state index in [9.17, 15) is 17.6 Å². The maximum absolute atomic E-state index is 14.7. The number of benzene rings is 2. The molecule has 1 aliphatic rings. The number of hydrogen-bond acceptors (Lipinski definition) is 5. The predicted molar refractivity (Wildman–Crippen MR) is 129 cm³/mol. The minimum atomic E-state index is -3.48. The number of carbonyl (C=O) groups is 1. The lowest BCUT2D eigenvalue weighted by atomic mass is 9.96. The number of aromatic nitrogens is 2. The van der Waals surface area contributed by atoms with Crippen LogP contribution in [0.3, 0.4) is 0 Å². The Hall–Kier alpha value is -2.94. The van der Waals surface area contributed by atoms with Gasteiger partial charge >= 0.3 is 6.09 Å². The van der Waals surface area contributed by atoms with Gasteiger partial charge in [-0.2, -0.15) is 0 Å². The summed E-state index contributed by atoms with van der Waals surface area (Å²) < 4.78 is 45.7. The van der Waals surface area contributed by atoms with Gasteiger partial charge in [-0.1, -0.05) is 12.1 Å². The number of amides is 1. The predicted octanol–water partition coefficient (Wildman–Crippen LogP) is 4.90. The highest BCUT2D eigenvalue weighted by atomic mass is 32.2. The zero-order chi connectivity index (χ0) is 24.8. The monoisotopic (exact) mass is 487 g/mol. The van der Waals surface area contributed by atoms with Gasteiger partial charge in [-0.3, -0.25) is 0 Å². The molecule has 9 heteroatoms. The molecule has 2 heterocycles. The molecule has 1 saturated heterocycles. The van der Waals surface area contributed by atoms with Gasteiger partial charge in [0.2, 0.25) is 0 Å². The summed E-state index contributed by atoms with van der Waals surface area (Å²) in [6, 6.07) is 9.51. The molecule has 7 nitrogen and oxygen atoms in total. The Labute approximate surface area is 199 Å². The number of nitrogens with zero attached hydrogens (tertiary/aromatic N) is 3. The van der Waals surface area contributed by atoms with E-state index < -0.39 is 21.3 Å². The Morgan fingerprint density at radius 3 is 2.38 bits per heavy atom. The molecular formula is C25H30FN3O4S. The topological polar surface area (TPSA) is 81.5 Å². The number of piperidine rings is 1. The van der Waals surface area contributed by atoms with Crippen LogP contribution in [0.25, 0.3) is 22.2 Å². The highest BCUT2D eigenvalue weighted by molar-refractivity contribution is 7.90. The quantitative estimate of drug-likeness (QED) is 0.525. The van der Waals surface area contributed by atoms with Crippen molar-refractivity contribution in [2.24, 2.45) is 7.05 Å². The van der Waals surface area contributed by atoms with E-state index >= 15 is 0 Å². The molecular weight excluding hydrogens is 457 g/mol. The Morgan fingerprint density at radius 1 is 1.12 bits per heavy atom. The van der Waals surface area contributed by atoms with Crippen molar-refractivity contribution in [3.63, 3.8) is 0 Å². The number of sulfone groups is 1. The average molecular weight is 488 g/mol. The summed E-state index contributed by atoms with van der Waals surface area (Å²) in [7, 11) is -1.52. The van der Waals surface area contributed by atoms with E-state index in [4.69, 9.17) is 9.72 Å². The molecule has 4 rings (SSSR count). The van der Waals surface area contributed by atoms with E-state index in [1.807, 2.05) is 46.0 Å². The van der Waals surface area contributed by atoms with E-state index in [1.165, 1.54) is 12.1 Å². The summed E-state index contributed by atoms with van der Waals surface area (Å²) in [5, 5.41) is 0. The van der Waals surface area contributed by atoms with Crippen LogP contribution in [-0.4, -0.2) is 53.9 Å². The number of halogens is 1. The molecule has 0 spiro atoms. The molecule has 0 aliphatic carbocycles. The zero-order valence-corrected chi connectivity index (χ0v) is 20.9. The maximum atomic E-state index is 14.7. The van der Waals surface area contributed by atoms with Crippen molar-refractivity contribution in [3.8, 4) is 11.1 Å². The van der Waals surface area contributed by atoms with Gasteiger partial charge in [-0.15, -0.1) is 0 Å². The molecule has 3 aromatic rings. The van der Waals surface area contributed by atoms with Gasteiger partial charge in [-0.05, 0) is 63.4 Å². The summed E-state index contributed by atoms with van der Waals surface area (Å²) >= 11 is 0. The third-order valence-electron chi connectivity index (χ3n) is 6.11. The first-order valence-corrected chi connectivity index (χ1v) is 13.2. The minimum absolute atomic E-state index is 0.0484. The molecule has 0 atom stereocenters. The highest BCUT2D eigenvalue weighted by Gasteiger charge is 2.29. The lowest BCUT2D eigenvalue weighted by Crippen LogP contribution is -2.41. The molecule has 182 valence electrons. The van der Waals surface area contributed by atoms with Gasteiger partial charge in [0, 0.05) is 37.9 Å². The van der Waals surface area contributed by atoms with Crippen molar-refractivity contribution < 1.29 is 22.3 Å². The number of imidazole rings is 1. The van der Waals surface area contributed by atoms with Crippen LogP contribution in [0.4, 0.5) is 9.18 Å². The Bertz CT molecular complexity index is 1350. The van der Waals surface area contributed by atoms with Crippen LogP contribution in [0, 0.1) is 5.82 Å². The number of likely N-dealkylation sites (tertiary alicyclic amines) is 1. The molecule has 0 radical (unpaired) electrons. The third-order valence-corrected chi connectivity index (χ3v) is 7.22.